The highest BCUT2D eigenvalue weighted by Crippen LogP contribution is 2.71. The van der Waals surface area contributed by atoms with Gasteiger partial charge in [-0.05, 0) is 49.7 Å². The van der Waals surface area contributed by atoms with E-state index >= 15 is 0 Å². The van der Waals surface area contributed by atoms with E-state index in [1.165, 1.54) is 19.9 Å². The fourth-order valence-electron chi connectivity index (χ4n) is 9.42. The van der Waals surface area contributed by atoms with Crippen LogP contribution in [0.2, 0.25) is 0 Å². The van der Waals surface area contributed by atoms with Gasteiger partial charge in [0.2, 0.25) is 0 Å². The number of hydrogen-bond donors (Lipinski definition) is 0. The van der Waals surface area contributed by atoms with E-state index in [1.54, 1.807) is 19.9 Å². The lowest BCUT2D eigenvalue weighted by Gasteiger charge is -2.66. The Balaban J connectivity index is 1.73. The first-order valence-corrected chi connectivity index (χ1v) is 13.7. The summed E-state index contributed by atoms with van der Waals surface area (Å²) < 4.78 is 23.2. The second-order valence-electron chi connectivity index (χ2n) is 13.2. The third-order valence-electron chi connectivity index (χ3n) is 10.4. The zero-order valence-electron chi connectivity index (χ0n) is 23.7. The molecule has 0 radical (unpaired) electrons. The van der Waals surface area contributed by atoms with Crippen molar-refractivity contribution >= 4 is 29.7 Å². The van der Waals surface area contributed by atoms with Crippen molar-refractivity contribution in [3.8, 4) is 0 Å². The summed E-state index contributed by atoms with van der Waals surface area (Å²) in [7, 11) is 0. The SMILES string of the molecule is CC(=O)OC1C2C(C)(C)OC(=O)C=CC2(C)C2CCC3(C)C(=CC(=O)C3C3COC(=O)C3)C2(C)C1OC(C)=O. The van der Waals surface area contributed by atoms with E-state index in [0.29, 0.717) is 12.8 Å². The fourth-order valence-corrected chi connectivity index (χ4v) is 9.42. The van der Waals surface area contributed by atoms with Crippen molar-refractivity contribution in [2.75, 3.05) is 6.61 Å². The second-order valence-corrected chi connectivity index (χ2v) is 13.2. The highest BCUT2D eigenvalue weighted by Gasteiger charge is 2.73. The number of rotatable bonds is 3. The molecule has 0 aromatic heterocycles. The summed E-state index contributed by atoms with van der Waals surface area (Å²) in [5.74, 6) is -3.37. The minimum atomic E-state index is -1.07. The lowest BCUT2D eigenvalue weighted by atomic mass is 9.39. The topological polar surface area (TPSA) is 122 Å². The van der Waals surface area contributed by atoms with Crippen molar-refractivity contribution in [2.45, 2.75) is 85.5 Å². The van der Waals surface area contributed by atoms with Crippen molar-refractivity contribution in [3.63, 3.8) is 0 Å². The van der Waals surface area contributed by atoms with Crippen LogP contribution in [0.4, 0.5) is 0 Å². The van der Waals surface area contributed by atoms with Gasteiger partial charge in [-0.2, -0.15) is 0 Å². The monoisotopic (exact) mass is 542 g/mol. The molecule has 5 aliphatic rings. The molecule has 9 unspecified atom stereocenters. The quantitative estimate of drug-likeness (QED) is 0.390. The molecule has 0 amide bonds. The van der Waals surface area contributed by atoms with E-state index in [9.17, 15) is 24.0 Å². The van der Waals surface area contributed by atoms with Crippen molar-refractivity contribution in [2.24, 2.45) is 39.9 Å². The molecule has 0 aromatic rings. The van der Waals surface area contributed by atoms with Gasteiger partial charge in [-0.1, -0.05) is 26.8 Å². The Kier molecular flexibility index (Phi) is 6.20. The number of esters is 4. The number of carbonyl (C=O) groups is 5. The molecule has 3 aliphatic carbocycles. The van der Waals surface area contributed by atoms with E-state index < -0.39 is 63.8 Å². The van der Waals surface area contributed by atoms with Crippen LogP contribution in [0.5, 0.6) is 0 Å². The number of hydrogen-bond acceptors (Lipinski definition) is 9. The van der Waals surface area contributed by atoms with Crippen LogP contribution >= 0.6 is 0 Å². The molecule has 0 spiro atoms. The number of carbonyl (C=O) groups excluding carboxylic acids is 5. The Morgan fingerprint density at radius 2 is 1.67 bits per heavy atom. The molecule has 0 aromatic carbocycles. The molecule has 2 aliphatic heterocycles. The van der Waals surface area contributed by atoms with Gasteiger partial charge in [0.25, 0.3) is 0 Å². The van der Waals surface area contributed by atoms with Crippen LogP contribution in [-0.4, -0.2) is 54.1 Å². The molecule has 2 heterocycles. The minimum Gasteiger partial charge on any atom is -0.465 e. The van der Waals surface area contributed by atoms with Crippen LogP contribution in [0.15, 0.2) is 23.8 Å². The van der Waals surface area contributed by atoms with Crippen LogP contribution in [-0.2, 0) is 42.9 Å². The molecule has 0 N–H and O–H groups in total. The van der Waals surface area contributed by atoms with Gasteiger partial charge < -0.3 is 18.9 Å². The summed E-state index contributed by atoms with van der Waals surface area (Å²) in [6, 6.07) is 0. The van der Waals surface area contributed by atoms with Crippen molar-refractivity contribution in [1.29, 1.82) is 0 Å². The van der Waals surface area contributed by atoms with Crippen LogP contribution in [0.1, 0.15) is 67.7 Å². The van der Waals surface area contributed by atoms with Gasteiger partial charge >= 0.3 is 23.9 Å². The zero-order chi connectivity index (χ0) is 28.7. The van der Waals surface area contributed by atoms with Crippen LogP contribution in [0.3, 0.4) is 0 Å². The fraction of sp³-hybridized carbons (Fsp3) is 0.700. The minimum absolute atomic E-state index is 0.0641. The summed E-state index contributed by atoms with van der Waals surface area (Å²) >= 11 is 0. The third-order valence-corrected chi connectivity index (χ3v) is 10.4. The normalized spacial score (nSPS) is 44.2. The van der Waals surface area contributed by atoms with Gasteiger partial charge in [-0.15, -0.1) is 0 Å². The third kappa shape index (κ3) is 3.90. The van der Waals surface area contributed by atoms with Gasteiger partial charge in [0, 0.05) is 48.5 Å². The molecule has 3 fully saturated rings. The first-order chi connectivity index (χ1) is 18.1. The average Bonchev–Trinajstić information content (AvgIpc) is 3.31. The summed E-state index contributed by atoms with van der Waals surface area (Å²) in [4.78, 5) is 63.6. The Labute approximate surface area is 228 Å². The smallest absolute Gasteiger partial charge is 0.330 e. The molecule has 9 nitrogen and oxygen atoms in total. The van der Waals surface area contributed by atoms with Gasteiger partial charge in [0.15, 0.2) is 5.78 Å². The van der Waals surface area contributed by atoms with E-state index in [2.05, 4.69) is 6.92 Å². The van der Waals surface area contributed by atoms with Crippen molar-refractivity contribution in [3.05, 3.63) is 23.8 Å². The maximum absolute atomic E-state index is 13.7. The predicted octanol–water partition coefficient (Wildman–Crippen LogP) is 3.49. The summed E-state index contributed by atoms with van der Waals surface area (Å²) in [6.07, 6.45) is 4.58. The van der Waals surface area contributed by atoms with Crippen LogP contribution in [0, 0.1) is 39.9 Å². The van der Waals surface area contributed by atoms with Crippen LogP contribution < -0.4 is 0 Å². The Morgan fingerprint density at radius 3 is 2.26 bits per heavy atom. The van der Waals surface area contributed by atoms with E-state index in [-0.39, 0.29) is 36.6 Å². The van der Waals surface area contributed by atoms with Gasteiger partial charge in [0.1, 0.15) is 17.8 Å². The standard InChI is InChI=1S/C30H38O9/c1-15(31)37-24-25-27(3,4)39-21(34)9-11-29(25,6)19-8-10-28(5)20(30(19,7)26(24)38-16(2)32)13-18(33)23(28)17-12-22(35)36-14-17/h9,11,13,17,19,23-26H,8,10,12,14H2,1-7H3. The molecular formula is C30H38O9. The maximum atomic E-state index is 13.7. The van der Waals surface area contributed by atoms with E-state index in [0.717, 1.165) is 5.57 Å². The number of ether oxygens (including phenoxy) is 4. The first-order valence-electron chi connectivity index (χ1n) is 13.7. The van der Waals surface area contributed by atoms with E-state index in [1.807, 2.05) is 19.9 Å². The van der Waals surface area contributed by atoms with Crippen molar-refractivity contribution < 1.29 is 42.9 Å². The molecule has 212 valence electrons. The lowest BCUT2D eigenvalue weighted by Crippen LogP contribution is -2.70. The van der Waals surface area contributed by atoms with Gasteiger partial charge in [-0.3, -0.25) is 19.2 Å². The van der Waals surface area contributed by atoms with Crippen molar-refractivity contribution in [1.82, 2.24) is 0 Å². The predicted molar refractivity (Wildman–Crippen MR) is 137 cm³/mol. The molecular weight excluding hydrogens is 504 g/mol. The lowest BCUT2D eigenvalue weighted by molar-refractivity contribution is -0.248. The molecule has 9 heteroatoms. The van der Waals surface area contributed by atoms with Gasteiger partial charge in [-0.25, -0.2) is 4.79 Å². The van der Waals surface area contributed by atoms with E-state index in [4.69, 9.17) is 18.9 Å². The molecule has 2 saturated carbocycles. The Morgan fingerprint density at radius 1 is 1.00 bits per heavy atom. The number of fused-ring (bicyclic) bond motifs is 5. The molecule has 0 bridgehead atoms. The summed E-state index contributed by atoms with van der Waals surface area (Å²) in [5.41, 5.74) is -2.49. The molecule has 9 atom stereocenters. The zero-order valence-corrected chi connectivity index (χ0v) is 23.7. The summed E-state index contributed by atoms with van der Waals surface area (Å²) in [5, 5.41) is 0. The largest absolute Gasteiger partial charge is 0.465 e. The van der Waals surface area contributed by atoms with Crippen LogP contribution in [0.25, 0.3) is 0 Å². The number of ketones is 1. The van der Waals surface area contributed by atoms with Gasteiger partial charge in [0.05, 0.1) is 13.0 Å². The molecule has 5 rings (SSSR count). The highest BCUT2D eigenvalue weighted by molar-refractivity contribution is 5.98. The average molecular weight is 543 g/mol. The molecule has 1 saturated heterocycles. The Bertz CT molecular complexity index is 1210. The molecule has 39 heavy (non-hydrogen) atoms. The number of allylic oxidation sites excluding steroid dienone is 2. The Hall–Kier alpha value is -2.97. The highest BCUT2D eigenvalue weighted by atomic mass is 16.6. The maximum Gasteiger partial charge on any atom is 0.330 e. The summed E-state index contributed by atoms with van der Waals surface area (Å²) in [6.45, 7) is 12.5. The first kappa shape index (κ1) is 27.6. The number of cyclic esters (lactones) is 2. The second kappa shape index (κ2) is 8.77.